The highest BCUT2D eigenvalue weighted by atomic mass is 16.3. The molecule has 0 amide bonds. The van der Waals surface area contributed by atoms with Crippen LogP contribution in [0.5, 0.6) is 0 Å². The molecule has 0 radical (unpaired) electrons. The molecule has 28 heavy (non-hydrogen) atoms. The molecule has 4 heteroatoms. The first-order valence-corrected chi connectivity index (χ1v) is 9.80. The molecule has 140 valence electrons. The lowest BCUT2D eigenvalue weighted by Gasteiger charge is -2.19. The van der Waals surface area contributed by atoms with Crippen molar-refractivity contribution >= 4 is 11.5 Å². The van der Waals surface area contributed by atoms with Gasteiger partial charge in [-0.15, -0.1) is 0 Å². The predicted molar refractivity (Wildman–Crippen MR) is 110 cm³/mol. The van der Waals surface area contributed by atoms with Crippen LogP contribution in [0.1, 0.15) is 22.3 Å². The van der Waals surface area contributed by atoms with E-state index in [-0.39, 0.29) is 23.6 Å². The molecule has 0 fully saturated rings. The fourth-order valence-corrected chi connectivity index (χ4v) is 4.48. The van der Waals surface area contributed by atoms with Gasteiger partial charge in [-0.25, -0.2) is 0 Å². The number of carbonyl (C=O) groups excluding carboxylic acids is 1. The van der Waals surface area contributed by atoms with Crippen LogP contribution in [0.2, 0.25) is 0 Å². The number of fused-ring (bicyclic) bond motifs is 2. The number of hydrogen-bond acceptors (Lipinski definition) is 4. The van der Waals surface area contributed by atoms with Crippen LogP contribution >= 0.6 is 0 Å². The third kappa shape index (κ3) is 3.15. The van der Waals surface area contributed by atoms with E-state index in [1.54, 1.807) is 6.08 Å². The van der Waals surface area contributed by atoms with Gasteiger partial charge in [0, 0.05) is 12.1 Å². The van der Waals surface area contributed by atoms with Crippen LogP contribution in [-0.2, 0) is 30.5 Å². The maximum absolute atomic E-state index is 12.4. The van der Waals surface area contributed by atoms with Crippen molar-refractivity contribution < 1.29 is 9.90 Å². The van der Waals surface area contributed by atoms with Gasteiger partial charge < -0.3 is 10.4 Å². The van der Waals surface area contributed by atoms with Gasteiger partial charge in [-0.1, -0.05) is 48.5 Å². The maximum Gasteiger partial charge on any atom is 0.207 e. The van der Waals surface area contributed by atoms with Gasteiger partial charge in [0.15, 0.2) is 0 Å². The van der Waals surface area contributed by atoms with Crippen LogP contribution in [0.3, 0.4) is 0 Å². The summed E-state index contributed by atoms with van der Waals surface area (Å²) in [6.07, 6.45) is 6.54. The van der Waals surface area contributed by atoms with E-state index in [0.717, 1.165) is 25.7 Å². The molecule has 3 aliphatic carbocycles. The number of ketones is 1. The molecule has 0 unspecified atom stereocenters. The first-order valence-electron chi connectivity index (χ1n) is 9.80. The SMILES string of the molecule is O=C1C=C(O)C(NC2Cc3ccccc3C2)=CC1=NC1Cc2ccccc2C1. The molecule has 3 aliphatic rings. The summed E-state index contributed by atoms with van der Waals surface area (Å²) in [6.45, 7) is 0. The van der Waals surface area contributed by atoms with Gasteiger partial charge >= 0.3 is 0 Å². The molecular weight excluding hydrogens is 348 g/mol. The van der Waals surface area contributed by atoms with Gasteiger partial charge in [0.2, 0.25) is 5.78 Å². The molecule has 2 aromatic carbocycles. The monoisotopic (exact) mass is 370 g/mol. The van der Waals surface area contributed by atoms with Gasteiger partial charge in [0.05, 0.1) is 11.7 Å². The van der Waals surface area contributed by atoms with Crippen LogP contribution in [0, 0.1) is 0 Å². The minimum Gasteiger partial charge on any atom is -0.506 e. The van der Waals surface area contributed by atoms with Crippen LogP contribution in [-0.4, -0.2) is 28.7 Å². The van der Waals surface area contributed by atoms with E-state index in [2.05, 4.69) is 41.7 Å². The summed E-state index contributed by atoms with van der Waals surface area (Å²) in [5.41, 5.74) is 6.32. The average Bonchev–Trinajstić information content (AvgIpc) is 3.28. The summed E-state index contributed by atoms with van der Waals surface area (Å²) in [5, 5.41) is 13.7. The van der Waals surface area contributed by atoms with Crippen molar-refractivity contribution in [3.8, 4) is 0 Å². The predicted octanol–water partition coefficient (Wildman–Crippen LogP) is 3.26. The quantitative estimate of drug-likeness (QED) is 0.816. The average molecular weight is 370 g/mol. The highest BCUT2D eigenvalue weighted by Gasteiger charge is 2.27. The van der Waals surface area contributed by atoms with Crippen molar-refractivity contribution in [3.63, 3.8) is 0 Å². The Hall–Kier alpha value is -3.14. The zero-order valence-electron chi connectivity index (χ0n) is 15.6. The molecule has 0 spiro atoms. The number of allylic oxidation sites excluding steroid dienone is 2. The van der Waals surface area contributed by atoms with E-state index in [1.165, 1.54) is 28.3 Å². The second kappa shape index (κ2) is 6.79. The van der Waals surface area contributed by atoms with Crippen LogP contribution in [0.15, 0.2) is 77.1 Å². The maximum atomic E-state index is 12.4. The molecule has 0 aromatic heterocycles. The fourth-order valence-electron chi connectivity index (χ4n) is 4.48. The summed E-state index contributed by atoms with van der Waals surface area (Å²) >= 11 is 0. The number of carbonyl (C=O) groups is 1. The first-order chi connectivity index (χ1) is 13.7. The number of rotatable bonds is 3. The number of benzene rings is 2. The number of aliphatic imine (C=N–C) groups is 1. The molecule has 2 N–H and O–H groups in total. The Kier molecular flexibility index (Phi) is 4.12. The lowest BCUT2D eigenvalue weighted by molar-refractivity contribution is -0.109. The van der Waals surface area contributed by atoms with Gasteiger partial charge in [-0.05, 0) is 54.0 Å². The summed E-state index contributed by atoms with van der Waals surface area (Å²) in [7, 11) is 0. The van der Waals surface area contributed by atoms with E-state index in [4.69, 9.17) is 4.99 Å². The molecule has 5 rings (SSSR count). The van der Waals surface area contributed by atoms with Crippen molar-refractivity contribution in [2.45, 2.75) is 37.8 Å². The number of nitrogens with one attached hydrogen (secondary N) is 1. The molecule has 0 bridgehead atoms. The molecule has 0 atom stereocenters. The Morgan fingerprint density at radius 1 is 0.821 bits per heavy atom. The Balaban J connectivity index is 1.34. The zero-order chi connectivity index (χ0) is 19.1. The van der Waals surface area contributed by atoms with Crippen molar-refractivity contribution in [1.29, 1.82) is 0 Å². The summed E-state index contributed by atoms with van der Waals surface area (Å²) in [6, 6.07) is 17.1. The van der Waals surface area contributed by atoms with E-state index >= 15 is 0 Å². The lowest BCUT2D eigenvalue weighted by Crippen LogP contribution is -2.32. The highest BCUT2D eigenvalue weighted by molar-refractivity contribution is 6.49. The topological polar surface area (TPSA) is 61.7 Å². The second-order valence-electron chi connectivity index (χ2n) is 7.82. The Morgan fingerprint density at radius 3 is 1.93 bits per heavy atom. The van der Waals surface area contributed by atoms with Crippen LogP contribution in [0.25, 0.3) is 0 Å². The number of nitrogens with zero attached hydrogens (tertiary/aromatic N) is 1. The van der Waals surface area contributed by atoms with Crippen molar-refractivity contribution in [1.82, 2.24) is 5.32 Å². The van der Waals surface area contributed by atoms with Crippen LogP contribution < -0.4 is 5.32 Å². The third-order valence-corrected chi connectivity index (χ3v) is 5.84. The lowest BCUT2D eigenvalue weighted by atomic mass is 10.0. The summed E-state index contributed by atoms with van der Waals surface area (Å²) < 4.78 is 0. The zero-order valence-corrected chi connectivity index (χ0v) is 15.6. The Morgan fingerprint density at radius 2 is 1.36 bits per heavy atom. The first kappa shape index (κ1) is 17.0. The second-order valence-corrected chi connectivity index (χ2v) is 7.82. The van der Waals surface area contributed by atoms with Crippen molar-refractivity contribution in [2.75, 3.05) is 0 Å². The highest BCUT2D eigenvalue weighted by Crippen LogP contribution is 2.26. The standard InChI is InChI=1S/C24H22N2O2/c27-23-14-24(28)22(26-20-11-17-7-3-4-8-18(17)12-20)13-21(23)25-19-9-15-5-1-2-6-16(15)10-19/h1-8,13-14,19-20,25,27H,9-12H2. The molecule has 2 aromatic rings. The van der Waals surface area contributed by atoms with E-state index in [1.807, 2.05) is 12.1 Å². The fraction of sp³-hybridized carbons (Fsp3) is 0.250. The molecule has 0 saturated carbocycles. The molecule has 0 saturated heterocycles. The van der Waals surface area contributed by atoms with E-state index < -0.39 is 0 Å². The Bertz CT molecular complexity index is 998. The summed E-state index contributed by atoms with van der Waals surface area (Å²) in [4.78, 5) is 17.1. The van der Waals surface area contributed by atoms with E-state index in [9.17, 15) is 9.90 Å². The minimum absolute atomic E-state index is 0.00499. The molecule has 0 aliphatic heterocycles. The number of aliphatic hydroxyl groups excluding tert-OH is 1. The van der Waals surface area contributed by atoms with Crippen molar-refractivity contribution in [3.05, 3.63) is 94.4 Å². The minimum atomic E-state index is -0.228. The van der Waals surface area contributed by atoms with Gasteiger partial charge in [-0.2, -0.15) is 0 Å². The van der Waals surface area contributed by atoms with Crippen molar-refractivity contribution in [2.24, 2.45) is 4.99 Å². The van der Waals surface area contributed by atoms with Gasteiger partial charge in [-0.3, -0.25) is 9.79 Å². The van der Waals surface area contributed by atoms with Gasteiger partial charge in [0.25, 0.3) is 0 Å². The molecule has 0 heterocycles. The van der Waals surface area contributed by atoms with Crippen LogP contribution in [0.4, 0.5) is 0 Å². The van der Waals surface area contributed by atoms with Gasteiger partial charge in [0.1, 0.15) is 11.5 Å². The summed E-state index contributed by atoms with van der Waals surface area (Å²) in [5.74, 6) is -0.233. The normalized spacial score (nSPS) is 20.7. The molecule has 4 nitrogen and oxygen atoms in total. The number of hydrogen-bond donors (Lipinski definition) is 2. The van der Waals surface area contributed by atoms with E-state index in [0.29, 0.717) is 11.4 Å². The Labute approximate surface area is 164 Å². The largest absolute Gasteiger partial charge is 0.506 e. The molecular formula is C24H22N2O2. The number of aliphatic hydroxyl groups is 1. The third-order valence-electron chi connectivity index (χ3n) is 5.84. The smallest absolute Gasteiger partial charge is 0.207 e.